The molecule has 0 bridgehead atoms. The van der Waals surface area contributed by atoms with Crippen LogP contribution in [0.3, 0.4) is 0 Å². The molecule has 0 heterocycles. The topological polar surface area (TPSA) is 59.3 Å². The van der Waals surface area contributed by atoms with Crippen LogP contribution >= 0.6 is 0 Å². The second-order valence-electron chi connectivity index (χ2n) is 2.92. The highest BCUT2D eigenvalue weighted by molar-refractivity contribution is 5.95. The Kier molecular flexibility index (Phi) is 4.10. The van der Waals surface area contributed by atoms with Gasteiger partial charge in [0.25, 0.3) is 0 Å². The van der Waals surface area contributed by atoms with Crippen LogP contribution in [0.4, 0.5) is 0 Å². The van der Waals surface area contributed by atoms with Crippen molar-refractivity contribution in [3.63, 3.8) is 0 Å². The quantitative estimate of drug-likeness (QED) is 0.440. The van der Waals surface area contributed by atoms with Crippen molar-refractivity contribution in [3.8, 4) is 11.8 Å². The third-order valence-corrected chi connectivity index (χ3v) is 1.96. The number of allylic oxidation sites excluding steroid dienone is 1. The lowest BCUT2D eigenvalue weighted by atomic mass is 10.1. The SMILES string of the molecule is COC(=O)C=C(C#N)c1cccc(OC)c1. The molecule has 1 rings (SSSR count). The Labute approximate surface area is 93.7 Å². The molecule has 1 aromatic carbocycles. The number of nitrogens with zero attached hydrogens (tertiary/aromatic N) is 1. The van der Waals surface area contributed by atoms with E-state index in [1.807, 2.05) is 6.07 Å². The Morgan fingerprint density at radius 2 is 2.19 bits per heavy atom. The van der Waals surface area contributed by atoms with E-state index in [9.17, 15) is 4.79 Å². The van der Waals surface area contributed by atoms with E-state index in [2.05, 4.69) is 4.74 Å². The third-order valence-electron chi connectivity index (χ3n) is 1.96. The summed E-state index contributed by atoms with van der Waals surface area (Å²) in [6, 6.07) is 8.85. The number of nitriles is 1. The molecule has 82 valence electrons. The fourth-order valence-corrected chi connectivity index (χ4v) is 1.15. The molecule has 4 nitrogen and oxygen atoms in total. The minimum Gasteiger partial charge on any atom is -0.497 e. The second kappa shape index (κ2) is 5.56. The fourth-order valence-electron chi connectivity index (χ4n) is 1.15. The van der Waals surface area contributed by atoms with Gasteiger partial charge in [-0.25, -0.2) is 4.79 Å². The molecular formula is C12H11NO3. The zero-order valence-electron chi connectivity index (χ0n) is 9.06. The highest BCUT2D eigenvalue weighted by atomic mass is 16.5. The smallest absolute Gasteiger partial charge is 0.331 e. The highest BCUT2D eigenvalue weighted by Crippen LogP contribution is 2.19. The molecule has 0 aliphatic carbocycles. The Hall–Kier alpha value is -2.28. The zero-order valence-corrected chi connectivity index (χ0v) is 9.06. The summed E-state index contributed by atoms with van der Waals surface area (Å²) in [5.41, 5.74) is 0.859. The van der Waals surface area contributed by atoms with Gasteiger partial charge in [0.15, 0.2) is 0 Å². The zero-order chi connectivity index (χ0) is 12.0. The minimum absolute atomic E-state index is 0.241. The number of esters is 1. The van der Waals surface area contributed by atoms with Crippen LogP contribution in [0.5, 0.6) is 5.75 Å². The number of carbonyl (C=O) groups excluding carboxylic acids is 1. The summed E-state index contributed by atoms with van der Waals surface area (Å²) in [4.78, 5) is 11.0. The van der Waals surface area contributed by atoms with E-state index in [0.717, 1.165) is 6.08 Å². The predicted octanol–water partition coefficient (Wildman–Crippen LogP) is 1.78. The van der Waals surface area contributed by atoms with Crippen LogP contribution < -0.4 is 4.74 Å². The summed E-state index contributed by atoms with van der Waals surface area (Å²) < 4.78 is 9.49. The van der Waals surface area contributed by atoms with E-state index >= 15 is 0 Å². The summed E-state index contributed by atoms with van der Waals surface area (Å²) in [7, 11) is 2.80. The summed E-state index contributed by atoms with van der Waals surface area (Å²) in [5, 5.41) is 8.92. The van der Waals surface area contributed by atoms with Crippen molar-refractivity contribution >= 4 is 11.5 Å². The maximum absolute atomic E-state index is 11.0. The molecule has 0 saturated heterocycles. The number of ether oxygens (including phenoxy) is 2. The van der Waals surface area contributed by atoms with Crippen molar-refractivity contribution in [1.29, 1.82) is 5.26 Å². The number of methoxy groups -OCH3 is 2. The largest absolute Gasteiger partial charge is 0.497 e. The van der Waals surface area contributed by atoms with Crippen molar-refractivity contribution in [2.24, 2.45) is 0 Å². The standard InChI is InChI=1S/C12H11NO3/c1-15-11-5-3-4-9(6-11)10(8-13)7-12(14)16-2/h3-7H,1-2H3. The van der Waals surface area contributed by atoms with Gasteiger partial charge in [-0.05, 0) is 17.7 Å². The van der Waals surface area contributed by atoms with Gasteiger partial charge >= 0.3 is 5.97 Å². The molecule has 16 heavy (non-hydrogen) atoms. The normalized spacial score (nSPS) is 10.4. The Morgan fingerprint density at radius 3 is 2.75 bits per heavy atom. The second-order valence-corrected chi connectivity index (χ2v) is 2.92. The number of hydrogen-bond donors (Lipinski definition) is 0. The third kappa shape index (κ3) is 2.85. The van der Waals surface area contributed by atoms with Gasteiger partial charge in [-0.1, -0.05) is 12.1 Å². The first-order chi connectivity index (χ1) is 7.71. The average molecular weight is 217 g/mol. The van der Waals surface area contributed by atoms with Crippen molar-refractivity contribution in [2.75, 3.05) is 14.2 Å². The van der Waals surface area contributed by atoms with Crippen LogP contribution in [-0.4, -0.2) is 20.2 Å². The predicted molar refractivity (Wildman–Crippen MR) is 58.6 cm³/mol. The highest BCUT2D eigenvalue weighted by Gasteiger charge is 2.05. The van der Waals surface area contributed by atoms with Gasteiger partial charge in [0.1, 0.15) is 11.8 Å². The van der Waals surface area contributed by atoms with Crippen molar-refractivity contribution in [3.05, 3.63) is 35.9 Å². The first-order valence-corrected chi connectivity index (χ1v) is 4.55. The van der Waals surface area contributed by atoms with Gasteiger partial charge in [-0.15, -0.1) is 0 Å². The minimum atomic E-state index is -0.556. The van der Waals surface area contributed by atoms with Crippen LogP contribution in [0.25, 0.3) is 5.57 Å². The first-order valence-electron chi connectivity index (χ1n) is 4.55. The van der Waals surface area contributed by atoms with Gasteiger partial charge < -0.3 is 9.47 Å². The summed E-state index contributed by atoms with van der Waals surface area (Å²) >= 11 is 0. The molecule has 0 aliphatic heterocycles. The van der Waals surface area contributed by atoms with E-state index < -0.39 is 5.97 Å². The molecule has 0 atom stereocenters. The average Bonchev–Trinajstić information content (AvgIpc) is 2.35. The van der Waals surface area contributed by atoms with Gasteiger partial charge in [0, 0.05) is 6.08 Å². The van der Waals surface area contributed by atoms with Gasteiger partial charge in [0.05, 0.1) is 19.8 Å². The summed E-state index contributed by atoms with van der Waals surface area (Å²) in [5.74, 6) is 0.0721. The summed E-state index contributed by atoms with van der Waals surface area (Å²) in [6.45, 7) is 0. The van der Waals surface area contributed by atoms with E-state index in [-0.39, 0.29) is 5.57 Å². The first kappa shape index (κ1) is 11.8. The van der Waals surface area contributed by atoms with Gasteiger partial charge in [-0.2, -0.15) is 5.26 Å². The summed E-state index contributed by atoms with van der Waals surface area (Å²) in [6.07, 6.45) is 1.15. The Morgan fingerprint density at radius 1 is 1.44 bits per heavy atom. The van der Waals surface area contributed by atoms with E-state index in [1.165, 1.54) is 14.2 Å². The maximum Gasteiger partial charge on any atom is 0.331 e. The lowest BCUT2D eigenvalue weighted by Gasteiger charge is -2.02. The number of carbonyl (C=O) groups is 1. The van der Waals surface area contributed by atoms with Crippen molar-refractivity contribution in [2.45, 2.75) is 0 Å². The Bertz CT molecular complexity index is 458. The van der Waals surface area contributed by atoms with Crippen LogP contribution in [0.1, 0.15) is 5.56 Å². The molecular weight excluding hydrogens is 206 g/mol. The Balaban J connectivity index is 3.10. The molecule has 0 amide bonds. The molecule has 0 aromatic heterocycles. The van der Waals surface area contributed by atoms with Crippen LogP contribution in [0.15, 0.2) is 30.3 Å². The molecule has 0 N–H and O–H groups in total. The van der Waals surface area contributed by atoms with Crippen molar-refractivity contribution in [1.82, 2.24) is 0 Å². The molecule has 4 heteroatoms. The van der Waals surface area contributed by atoms with E-state index in [4.69, 9.17) is 10.00 Å². The number of hydrogen-bond acceptors (Lipinski definition) is 4. The van der Waals surface area contributed by atoms with E-state index in [1.54, 1.807) is 24.3 Å². The molecule has 0 saturated carbocycles. The van der Waals surface area contributed by atoms with Crippen molar-refractivity contribution < 1.29 is 14.3 Å². The lowest BCUT2D eigenvalue weighted by Crippen LogP contribution is -1.96. The van der Waals surface area contributed by atoms with Gasteiger partial charge in [0.2, 0.25) is 0 Å². The molecule has 0 radical (unpaired) electrons. The van der Waals surface area contributed by atoms with Crippen LogP contribution in [-0.2, 0) is 9.53 Å². The number of rotatable bonds is 3. The fraction of sp³-hybridized carbons (Fsp3) is 0.167. The van der Waals surface area contributed by atoms with E-state index in [0.29, 0.717) is 11.3 Å². The number of benzene rings is 1. The van der Waals surface area contributed by atoms with Crippen LogP contribution in [0.2, 0.25) is 0 Å². The molecule has 0 fully saturated rings. The van der Waals surface area contributed by atoms with Gasteiger partial charge in [-0.3, -0.25) is 0 Å². The maximum atomic E-state index is 11.0. The molecule has 1 aromatic rings. The van der Waals surface area contributed by atoms with Crippen LogP contribution in [0, 0.1) is 11.3 Å². The molecule has 0 aliphatic rings. The monoisotopic (exact) mass is 217 g/mol. The lowest BCUT2D eigenvalue weighted by molar-refractivity contribution is -0.134. The molecule has 0 spiro atoms. The molecule has 0 unspecified atom stereocenters.